The minimum Gasteiger partial charge on any atom is -0.458 e. The molecule has 0 radical (unpaired) electrons. The van der Waals surface area contributed by atoms with Crippen LogP contribution in [0.1, 0.15) is 34.1 Å². The fourth-order valence-corrected chi connectivity index (χ4v) is 2.08. The summed E-state index contributed by atoms with van der Waals surface area (Å²) in [6, 6.07) is -1.35. The second-order valence-electron chi connectivity index (χ2n) is 5.80. The van der Waals surface area contributed by atoms with Crippen LogP contribution in [0.3, 0.4) is 0 Å². The number of imide groups is 1. The van der Waals surface area contributed by atoms with Gasteiger partial charge in [0.05, 0.1) is 11.4 Å². The summed E-state index contributed by atoms with van der Waals surface area (Å²) in [5.41, 5.74) is -0.658. The van der Waals surface area contributed by atoms with Crippen molar-refractivity contribution in [1.82, 2.24) is 9.80 Å². The number of likely N-dealkylation sites (N-methyl/N-ethyl adjacent to an activating group) is 1. The Labute approximate surface area is 127 Å². The number of hydrogen-bond acceptors (Lipinski definition) is 4. The number of hydrogen-bond donors (Lipinski definition) is 0. The summed E-state index contributed by atoms with van der Waals surface area (Å²) in [4.78, 5) is 38.3. The molecule has 1 aliphatic heterocycles. The maximum absolute atomic E-state index is 12.2. The van der Waals surface area contributed by atoms with E-state index in [0.29, 0.717) is 6.42 Å². The van der Waals surface area contributed by atoms with E-state index in [1.165, 1.54) is 4.90 Å². The van der Waals surface area contributed by atoms with Gasteiger partial charge in [-0.1, -0.05) is 22.9 Å². The van der Waals surface area contributed by atoms with Gasteiger partial charge in [-0.05, 0) is 27.2 Å². The molecule has 0 N–H and O–H groups in total. The minimum atomic E-state index is -0.883. The molecule has 0 aliphatic carbocycles. The minimum absolute atomic E-state index is 0.156. The number of rotatable bonds is 3. The van der Waals surface area contributed by atoms with Crippen LogP contribution in [0.25, 0.3) is 0 Å². The Bertz CT molecular complexity index is 419. The van der Waals surface area contributed by atoms with Crippen molar-refractivity contribution in [1.29, 1.82) is 0 Å². The lowest BCUT2D eigenvalue weighted by Crippen LogP contribution is -2.48. The smallest absolute Gasteiger partial charge is 0.331 e. The molecule has 0 aromatic rings. The Kier molecular flexibility index (Phi) is 5.18. The molecular weight excluding hydrogens is 328 g/mol. The van der Waals surface area contributed by atoms with Gasteiger partial charge < -0.3 is 9.64 Å². The number of alkyl halides is 1. The van der Waals surface area contributed by atoms with Crippen LogP contribution >= 0.6 is 15.9 Å². The van der Waals surface area contributed by atoms with Crippen LogP contribution in [-0.2, 0) is 14.3 Å². The van der Waals surface area contributed by atoms with Gasteiger partial charge in [-0.25, -0.2) is 14.5 Å². The van der Waals surface area contributed by atoms with Crippen molar-refractivity contribution in [2.75, 3.05) is 13.6 Å². The van der Waals surface area contributed by atoms with Gasteiger partial charge in [0.15, 0.2) is 6.04 Å². The lowest BCUT2D eigenvalue weighted by atomic mass is 10.2. The number of ether oxygens (including phenoxy) is 1. The summed E-state index contributed by atoms with van der Waals surface area (Å²) in [6.45, 7) is 7.22. The number of esters is 1. The molecular formula is C13H21BrN2O4. The number of halogens is 1. The van der Waals surface area contributed by atoms with Crippen molar-refractivity contribution in [3.8, 4) is 0 Å². The molecule has 7 heteroatoms. The molecule has 114 valence electrons. The summed E-state index contributed by atoms with van der Waals surface area (Å²) in [7, 11) is 1.56. The second kappa shape index (κ2) is 6.11. The molecule has 1 rings (SSSR count). The van der Waals surface area contributed by atoms with E-state index in [1.54, 1.807) is 27.8 Å². The van der Waals surface area contributed by atoms with Crippen molar-refractivity contribution >= 4 is 33.8 Å². The zero-order valence-electron chi connectivity index (χ0n) is 12.5. The van der Waals surface area contributed by atoms with Gasteiger partial charge in [-0.15, -0.1) is 0 Å². The van der Waals surface area contributed by atoms with Crippen molar-refractivity contribution < 1.29 is 19.1 Å². The standard InChI is InChI=1S/C13H21BrN2O4/c1-6-8(14)10(17)16-9(7-15(5)12(16)19)11(18)20-13(2,3)4/h8-9H,6-7H2,1-5H3/t8-,9-/m0/s1. The van der Waals surface area contributed by atoms with Crippen molar-refractivity contribution in [3.63, 3.8) is 0 Å². The van der Waals surface area contributed by atoms with Gasteiger partial charge in [0.25, 0.3) is 0 Å². The van der Waals surface area contributed by atoms with Crippen LogP contribution in [0.15, 0.2) is 0 Å². The lowest BCUT2D eigenvalue weighted by Gasteiger charge is -2.26. The number of carbonyl (C=O) groups is 3. The van der Waals surface area contributed by atoms with E-state index in [1.807, 2.05) is 6.92 Å². The molecule has 3 amide bonds. The number of amides is 3. The molecule has 1 aliphatic rings. The van der Waals surface area contributed by atoms with Gasteiger partial charge >= 0.3 is 12.0 Å². The number of nitrogens with zero attached hydrogens (tertiary/aromatic N) is 2. The van der Waals surface area contributed by atoms with Gasteiger partial charge in [0.2, 0.25) is 5.91 Å². The topological polar surface area (TPSA) is 66.9 Å². The maximum Gasteiger partial charge on any atom is 0.331 e. The fourth-order valence-electron chi connectivity index (χ4n) is 1.86. The first-order chi connectivity index (χ1) is 9.08. The third kappa shape index (κ3) is 3.71. The molecule has 0 bridgehead atoms. The van der Waals surface area contributed by atoms with E-state index in [0.717, 1.165) is 4.90 Å². The Morgan fingerprint density at radius 1 is 1.45 bits per heavy atom. The van der Waals surface area contributed by atoms with Crippen molar-refractivity contribution in [2.24, 2.45) is 0 Å². The first-order valence-electron chi connectivity index (χ1n) is 6.53. The van der Waals surface area contributed by atoms with E-state index in [2.05, 4.69) is 15.9 Å². The summed E-state index contributed by atoms with van der Waals surface area (Å²) in [6.07, 6.45) is 0.535. The van der Waals surface area contributed by atoms with E-state index < -0.39 is 34.4 Å². The van der Waals surface area contributed by atoms with Gasteiger partial charge in [0.1, 0.15) is 5.60 Å². The van der Waals surface area contributed by atoms with Crippen LogP contribution in [0.4, 0.5) is 4.79 Å². The third-order valence-corrected chi connectivity index (χ3v) is 3.87. The average molecular weight is 349 g/mol. The summed E-state index contributed by atoms with van der Waals surface area (Å²) >= 11 is 3.22. The molecule has 1 saturated heterocycles. The van der Waals surface area contributed by atoms with E-state index in [-0.39, 0.29) is 6.54 Å². The predicted octanol–water partition coefficient (Wildman–Crippen LogP) is 1.76. The molecule has 2 atom stereocenters. The van der Waals surface area contributed by atoms with Crippen LogP contribution in [0.5, 0.6) is 0 Å². The summed E-state index contributed by atoms with van der Waals surface area (Å²) in [5.74, 6) is -0.961. The second-order valence-corrected chi connectivity index (χ2v) is 6.90. The van der Waals surface area contributed by atoms with Crippen LogP contribution in [0, 0.1) is 0 Å². The highest BCUT2D eigenvalue weighted by Crippen LogP contribution is 2.22. The molecule has 0 aromatic heterocycles. The molecule has 1 fully saturated rings. The average Bonchev–Trinajstić information content (AvgIpc) is 2.62. The quantitative estimate of drug-likeness (QED) is 0.575. The largest absolute Gasteiger partial charge is 0.458 e. The van der Waals surface area contributed by atoms with E-state index >= 15 is 0 Å². The van der Waals surface area contributed by atoms with E-state index in [9.17, 15) is 14.4 Å². The molecule has 1 heterocycles. The maximum atomic E-state index is 12.2. The van der Waals surface area contributed by atoms with Crippen LogP contribution in [0.2, 0.25) is 0 Å². The lowest BCUT2D eigenvalue weighted by molar-refractivity contribution is -0.161. The Morgan fingerprint density at radius 2 is 2.00 bits per heavy atom. The van der Waals surface area contributed by atoms with Crippen molar-refractivity contribution in [3.05, 3.63) is 0 Å². The van der Waals surface area contributed by atoms with Crippen molar-refractivity contribution in [2.45, 2.75) is 50.6 Å². The summed E-state index contributed by atoms with van der Waals surface area (Å²) < 4.78 is 5.29. The highest BCUT2D eigenvalue weighted by molar-refractivity contribution is 9.10. The van der Waals surface area contributed by atoms with Crippen LogP contribution in [-0.4, -0.2) is 57.8 Å². The summed E-state index contributed by atoms with van der Waals surface area (Å²) in [5, 5.41) is 0. The van der Waals surface area contributed by atoms with Gasteiger partial charge in [0, 0.05) is 7.05 Å². The monoisotopic (exact) mass is 348 g/mol. The molecule has 20 heavy (non-hydrogen) atoms. The number of urea groups is 1. The first-order valence-corrected chi connectivity index (χ1v) is 7.45. The van der Waals surface area contributed by atoms with Gasteiger partial charge in [-0.2, -0.15) is 0 Å². The van der Waals surface area contributed by atoms with Crippen LogP contribution < -0.4 is 0 Å². The number of carbonyl (C=O) groups excluding carboxylic acids is 3. The predicted molar refractivity (Wildman–Crippen MR) is 77.5 cm³/mol. The first kappa shape index (κ1) is 16.9. The third-order valence-electron chi connectivity index (χ3n) is 2.83. The Morgan fingerprint density at radius 3 is 2.45 bits per heavy atom. The Hall–Kier alpha value is -1.11. The Balaban J connectivity index is 2.96. The van der Waals surface area contributed by atoms with Gasteiger partial charge in [-0.3, -0.25) is 4.79 Å². The fraction of sp³-hybridized carbons (Fsp3) is 0.769. The zero-order chi connectivity index (χ0) is 15.7. The normalized spacial score (nSPS) is 21.1. The molecule has 0 saturated carbocycles. The molecule has 0 unspecified atom stereocenters. The highest BCUT2D eigenvalue weighted by Gasteiger charge is 2.46. The highest BCUT2D eigenvalue weighted by atomic mass is 79.9. The van der Waals surface area contributed by atoms with E-state index in [4.69, 9.17) is 4.74 Å². The SMILES string of the molecule is CC[C@H](Br)C(=O)N1C(=O)N(C)C[C@H]1C(=O)OC(C)(C)C. The molecule has 6 nitrogen and oxygen atoms in total. The zero-order valence-corrected chi connectivity index (χ0v) is 14.1. The molecule has 0 aromatic carbocycles. The molecule has 0 spiro atoms.